The van der Waals surface area contributed by atoms with Crippen LogP contribution in [-0.2, 0) is 4.79 Å². The van der Waals surface area contributed by atoms with Crippen molar-refractivity contribution >= 4 is 23.2 Å². The Bertz CT molecular complexity index is 734. The van der Waals surface area contributed by atoms with Gasteiger partial charge in [-0.2, -0.15) is 0 Å². The molecule has 0 atom stereocenters. The maximum atomic E-state index is 12.5. The summed E-state index contributed by atoms with van der Waals surface area (Å²) in [7, 11) is 1.51. The molecule has 2 aromatic rings. The number of benzene rings is 2. The second-order valence-electron chi connectivity index (χ2n) is 5.32. The number of anilines is 2. The molecule has 5 nitrogen and oxygen atoms in total. The zero-order valence-corrected chi connectivity index (χ0v) is 13.7. The van der Waals surface area contributed by atoms with E-state index in [0.29, 0.717) is 17.0 Å². The van der Waals surface area contributed by atoms with Crippen molar-refractivity contribution in [3.63, 3.8) is 0 Å². The fourth-order valence-corrected chi connectivity index (χ4v) is 2.33. The number of para-hydroxylation sites is 1. The van der Waals surface area contributed by atoms with Gasteiger partial charge in [-0.05, 0) is 43.2 Å². The molecule has 0 aliphatic heterocycles. The molecule has 0 fully saturated rings. The summed E-state index contributed by atoms with van der Waals surface area (Å²) in [6, 6.07) is 10.8. The highest BCUT2D eigenvalue weighted by molar-refractivity contribution is 6.06. The Kier molecular flexibility index (Phi) is 5.01. The number of hydrogen-bond acceptors (Lipinski definition) is 3. The molecule has 0 heterocycles. The molecule has 0 aromatic heterocycles. The number of rotatable bonds is 4. The molecule has 0 aliphatic rings. The summed E-state index contributed by atoms with van der Waals surface area (Å²) in [5, 5.41) is 5.58. The molecule has 0 unspecified atom stereocenters. The largest absolute Gasteiger partial charge is 0.495 e. The normalized spacial score (nSPS) is 10.1. The molecule has 23 heavy (non-hydrogen) atoms. The highest BCUT2D eigenvalue weighted by atomic mass is 16.5. The van der Waals surface area contributed by atoms with Gasteiger partial charge in [0.05, 0.1) is 12.8 Å². The predicted molar refractivity (Wildman–Crippen MR) is 91.2 cm³/mol. The minimum atomic E-state index is -0.239. The van der Waals surface area contributed by atoms with E-state index in [-0.39, 0.29) is 11.8 Å². The quantitative estimate of drug-likeness (QED) is 0.907. The maximum absolute atomic E-state index is 12.5. The van der Waals surface area contributed by atoms with Gasteiger partial charge in [-0.15, -0.1) is 0 Å². The smallest absolute Gasteiger partial charge is 0.255 e. The molecule has 5 heteroatoms. The Morgan fingerprint density at radius 2 is 1.65 bits per heavy atom. The zero-order chi connectivity index (χ0) is 17.0. The summed E-state index contributed by atoms with van der Waals surface area (Å²) in [5.41, 5.74) is 3.70. The van der Waals surface area contributed by atoms with E-state index in [0.717, 1.165) is 16.8 Å². The summed E-state index contributed by atoms with van der Waals surface area (Å²) in [6.07, 6.45) is 0. The third-order valence-electron chi connectivity index (χ3n) is 3.49. The molecule has 2 rings (SSSR count). The first-order valence-corrected chi connectivity index (χ1v) is 7.25. The summed E-state index contributed by atoms with van der Waals surface area (Å²) in [5.74, 6) is 0.0380. The molecule has 0 radical (unpaired) electrons. The maximum Gasteiger partial charge on any atom is 0.255 e. The molecule has 2 amide bonds. The second-order valence-corrected chi connectivity index (χ2v) is 5.32. The van der Waals surface area contributed by atoms with E-state index < -0.39 is 0 Å². The Labute approximate surface area is 135 Å². The molecular weight excluding hydrogens is 292 g/mol. The van der Waals surface area contributed by atoms with Crippen LogP contribution in [0.5, 0.6) is 5.75 Å². The molecule has 0 saturated heterocycles. The number of hydrogen-bond donors (Lipinski definition) is 2. The number of nitrogens with one attached hydrogen (secondary N) is 2. The zero-order valence-electron chi connectivity index (χ0n) is 13.7. The number of carbonyl (C=O) groups excluding carboxylic acids is 2. The lowest BCUT2D eigenvalue weighted by Gasteiger charge is -2.13. The van der Waals surface area contributed by atoms with Crippen molar-refractivity contribution in [1.29, 1.82) is 0 Å². The molecule has 2 aromatic carbocycles. The SMILES string of the molecule is COc1ccc(C(=O)Nc2c(C)cccc2C)cc1NC(C)=O. The van der Waals surface area contributed by atoms with Crippen LogP contribution in [0.15, 0.2) is 36.4 Å². The summed E-state index contributed by atoms with van der Waals surface area (Å²) in [4.78, 5) is 23.8. The first kappa shape index (κ1) is 16.5. The number of methoxy groups -OCH3 is 1. The van der Waals surface area contributed by atoms with Gasteiger partial charge in [0.1, 0.15) is 5.75 Å². The van der Waals surface area contributed by atoms with Gasteiger partial charge in [-0.3, -0.25) is 9.59 Å². The van der Waals surface area contributed by atoms with Crippen molar-refractivity contribution in [3.8, 4) is 5.75 Å². The third kappa shape index (κ3) is 3.88. The number of ether oxygens (including phenoxy) is 1. The van der Waals surface area contributed by atoms with Crippen molar-refractivity contribution in [2.45, 2.75) is 20.8 Å². The Balaban J connectivity index is 2.31. The van der Waals surface area contributed by atoms with Crippen LogP contribution in [0, 0.1) is 13.8 Å². The van der Waals surface area contributed by atoms with E-state index in [4.69, 9.17) is 4.74 Å². The van der Waals surface area contributed by atoms with Crippen LogP contribution in [0.25, 0.3) is 0 Å². The van der Waals surface area contributed by atoms with Crippen molar-refractivity contribution in [1.82, 2.24) is 0 Å². The average molecular weight is 312 g/mol. The average Bonchev–Trinajstić information content (AvgIpc) is 2.50. The number of amides is 2. The van der Waals surface area contributed by atoms with E-state index in [1.165, 1.54) is 14.0 Å². The first-order valence-electron chi connectivity index (χ1n) is 7.25. The minimum Gasteiger partial charge on any atom is -0.495 e. The second kappa shape index (κ2) is 6.96. The van der Waals surface area contributed by atoms with Gasteiger partial charge in [-0.1, -0.05) is 18.2 Å². The van der Waals surface area contributed by atoms with Crippen LogP contribution in [0.2, 0.25) is 0 Å². The van der Waals surface area contributed by atoms with E-state index in [1.807, 2.05) is 32.0 Å². The van der Waals surface area contributed by atoms with Gasteiger partial charge < -0.3 is 15.4 Å². The molecule has 2 N–H and O–H groups in total. The van der Waals surface area contributed by atoms with E-state index in [9.17, 15) is 9.59 Å². The molecule has 0 bridgehead atoms. The number of carbonyl (C=O) groups is 2. The van der Waals surface area contributed by atoms with Gasteiger partial charge in [-0.25, -0.2) is 0 Å². The van der Waals surface area contributed by atoms with Gasteiger partial charge in [0.2, 0.25) is 5.91 Å². The molecular formula is C18H20N2O3. The molecule has 0 spiro atoms. The van der Waals surface area contributed by atoms with Crippen molar-refractivity contribution < 1.29 is 14.3 Å². The van der Waals surface area contributed by atoms with Gasteiger partial charge in [0.15, 0.2) is 0 Å². The standard InChI is InChI=1S/C18H20N2O3/c1-11-6-5-7-12(2)17(11)20-18(22)14-8-9-16(23-4)15(10-14)19-13(3)21/h5-10H,1-4H3,(H,19,21)(H,20,22). The predicted octanol–water partition coefficient (Wildman–Crippen LogP) is 3.52. The Morgan fingerprint density at radius 3 is 2.22 bits per heavy atom. The van der Waals surface area contributed by atoms with Crippen LogP contribution in [0.1, 0.15) is 28.4 Å². The van der Waals surface area contributed by atoms with Gasteiger partial charge in [0.25, 0.3) is 5.91 Å². The lowest BCUT2D eigenvalue weighted by molar-refractivity contribution is -0.114. The van der Waals surface area contributed by atoms with Crippen LogP contribution in [-0.4, -0.2) is 18.9 Å². The Hall–Kier alpha value is -2.82. The van der Waals surface area contributed by atoms with E-state index in [2.05, 4.69) is 10.6 Å². The summed E-state index contributed by atoms with van der Waals surface area (Å²) in [6.45, 7) is 5.29. The lowest BCUT2D eigenvalue weighted by atomic mass is 10.1. The van der Waals surface area contributed by atoms with Crippen LogP contribution >= 0.6 is 0 Å². The summed E-state index contributed by atoms with van der Waals surface area (Å²) < 4.78 is 5.19. The van der Waals surface area contributed by atoms with Crippen LogP contribution in [0.4, 0.5) is 11.4 Å². The highest BCUT2D eigenvalue weighted by Gasteiger charge is 2.13. The van der Waals surface area contributed by atoms with Crippen molar-refractivity contribution in [2.24, 2.45) is 0 Å². The lowest BCUT2D eigenvalue weighted by Crippen LogP contribution is -2.15. The van der Waals surface area contributed by atoms with Crippen LogP contribution in [0.3, 0.4) is 0 Å². The van der Waals surface area contributed by atoms with E-state index in [1.54, 1.807) is 18.2 Å². The monoisotopic (exact) mass is 312 g/mol. The minimum absolute atomic E-state index is 0.226. The fraction of sp³-hybridized carbons (Fsp3) is 0.222. The fourth-order valence-electron chi connectivity index (χ4n) is 2.33. The Morgan fingerprint density at radius 1 is 1.00 bits per heavy atom. The van der Waals surface area contributed by atoms with Gasteiger partial charge >= 0.3 is 0 Å². The van der Waals surface area contributed by atoms with Crippen LogP contribution < -0.4 is 15.4 Å². The third-order valence-corrected chi connectivity index (χ3v) is 3.49. The topological polar surface area (TPSA) is 67.4 Å². The van der Waals surface area contributed by atoms with Crippen molar-refractivity contribution in [3.05, 3.63) is 53.1 Å². The van der Waals surface area contributed by atoms with Crippen molar-refractivity contribution in [2.75, 3.05) is 17.7 Å². The summed E-state index contributed by atoms with van der Waals surface area (Å²) >= 11 is 0. The molecule has 0 saturated carbocycles. The molecule has 0 aliphatic carbocycles. The van der Waals surface area contributed by atoms with Gasteiger partial charge in [0, 0.05) is 18.2 Å². The molecule has 120 valence electrons. The number of aryl methyl sites for hydroxylation is 2. The van der Waals surface area contributed by atoms with E-state index >= 15 is 0 Å². The highest BCUT2D eigenvalue weighted by Crippen LogP contribution is 2.26. The first-order chi connectivity index (χ1) is 10.9.